The van der Waals surface area contributed by atoms with Crippen molar-refractivity contribution in [3.8, 4) is 0 Å². The molecular weight excluding hydrogens is 236 g/mol. The molecule has 1 aromatic rings. The van der Waals surface area contributed by atoms with Crippen LogP contribution < -0.4 is 5.32 Å². The Morgan fingerprint density at radius 1 is 1.62 bits per heavy atom. The molecule has 0 fully saturated rings. The second-order valence-corrected chi connectivity index (χ2v) is 4.43. The molecule has 0 spiro atoms. The lowest BCUT2D eigenvalue weighted by molar-refractivity contribution is -0.137. The number of hydrogen-bond acceptors (Lipinski definition) is 3. The van der Waals surface area contributed by atoms with Gasteiger partial charge in [-0.1, -0.05) is 6.07 Å². The zero-order valence-electron chi connectivity index (χ0n) is 8.69. The molecule has 1 rings (SSSR count). The van der Waals surface area contributed by atoms with Crippen molar-refractivity contribution in [3.63, 3.8) is 0 Å². The van der Waals surface area contributed by atoms with E-state index in [0.717, 1.165) is 4.88 Å². The maximum Gasteiger partial charge on any atom is 0.305 e. The largest absolute Gasteiger partial charge is 0.481 e. The van der Waals surface area contributed by atoms with Gasteiger partial charge in [0, 0.05) is 4.88 Å². The Morgan fingerprint density at radius 2 is 2.31 bits per heavy atom. The normalized spacial score (nSPS) is 15.0. The lowest BCUT2D eigenvalue weighted by atomic mass is 10.1. The van der Waals surface area contributed by atoms with Gasteiger partial charge in [0.05, 0.1) is 18.5 Å². The summed E-state index contributed by atoms with van der Waals surface area (Å²) in [6.45, 7) is 1.34. The van der Waals surface area contributed by atoms with Crippen molar-refractivity contribution in [2.24, 2.45) is 0 Å². The fraction of sp³-hybridized carbons (Fsp3) is 0.500. The molecule has 0 aliphatic carbocycles. The number of carbonyl (C=O) groups is 1. The maximum atomic E-state index is 12.4. The van der Waals surface area contributed by atoms with Gasteiger partial charge in [0.15, 0.2) is 0 Å². The van der Waals surface area contributed by atoms with E-state index in [1.54, 1.807) is 17.5 Å². The van der Waals surface area contributed by atoms with Crippen molar-refractivity contribution < 1.29 is 18.7 Å². The SMILES string of the molecule is CC(NC(CC(=O)O)c1cccs1)C(F)F. The van der Waals surface area contributed by atoms with Gasteiger partial charge in [0.1, 0.15) is 0 Å². The molecule has 6 heteroatoms. The summed E-state index contributed by atoms with van der Waals surface area (Å²) in [7, 11) is 0. The maximum absolute atomic E-state index is 12.4. The fourth-order valence-corrected chi connectivity index (χ4v) is 2.08. The van der Waals surface area contributed by atoms with Crippen LogP contribution in [0.3, 0.4) is 0 Å². The first kappa shape index (κ1) is 13.1. The summed E-state index contributed by atoms with van der Waals surface area (Å²) in [5.74, 6) is -1.01. The van der Waals surface area contributed by atoms with E-state index in [0.29, 0.717) is 0 Å². The summed E-state index contributed by atoms with van der Waals surface area (Å²) in [4.78, 5) is 11.4. The zero-order chi connectivity index (χ0) is 12.1. The standard InChI is InChI=1S/C10H13F2NO2S/c1-6(10(11)12)13-7(5-9(14)15)8-3-2-4-16-8/h2-4,6-7,10,13H,5H2,1H3,(H,14,15). The third-order valence-corrected chi connectivity index (χ3v) is 3.09. The Labute approximate surface area is 96.1 Å². The van der Waals surface area contributed by atoms with Gasteiger partial charge in [-0.3, -0.25) is 4.79 Å². The molecule has 0 saturated heterocycles. The molecule has 2 N–H and O–H groups in total. The van der Waals surface area contributed by atoms with Gasteiger partial charge in [-0.2, -0.15) is 0 Å². The van der Waals surface area contributed by atoms with E-state index < -0.39 is 24.5 Å². The number of hydrogen-bond donors (Lipinski definition) is 2. The van der Waals surface area contributed by atoms with E-state index in [1.165, 1.54) is 18.3 Å². The van der Waals surface area contributed by atoms with Crippen LogP contribution in [-0.2, 0) is 4.79 Å². The number of carboxylic acid groups (broad SMARTS) is 1. The predicted molar refractivity (Wildman–Crippen MR) is 57.9 cm³/mol. The first-order valence-corrected chi connectivity index (χ1v) is 5.68. The van der Waals surface area contributed by atoms with E-state index in [-0.39, 0.29) is 6.42 Å². The number of rotatable bonds is 6. The quantitative estimate of drug-likeness (QED) is 0.814. The Hall–Kier alpha value is -1.01. The Balaban J connectivity index is 2.68. The Bertz CT molecular complexity index is 330. The van der Waals surface area contributed by atoms with Crippen LogP contribution in [0.15, 0.2) is 17.5 Å². The van der Waals surface area contributed by atoms with Gasteiger partial charge in [-0.05, 0) is 18.4 Å². The molecule has 0 amide bonds. The number of carboxylic acids is 1. The third-order valence-electron chi connectivity index (χ3n) is 2.11. The van der Waals surface area contributed by atoms with Gasteiger partial charge < -0.3 is 10.4 Å². The van der Waals surface area contributed by atoms with Crippen LogP contribution >= 0.6 is 11.3 Å². The summed E-state index contributed by atoms with van der Waals surface area (Å²) in [6, 6.07) is 1.93. The first-order chi connectivity index (χ1) is 7.50. The van der Waals surface area contributed by atoms with Gasteiger partial charge in [0.25, 0.3) is 6.43 Å². The average molecular weight is 249 g/mol. The van der Waals surface area contributed by atoms with Crippen LogP contribution in [0.1, 0.15) is 24.3 Å². The minimum Gasteiger partial charge on any atom is -0.481 e. The highest BCUT2D eigenvalue weighted by Crippen LogP contribution is 2.23. The van der Waals surface area contributed by atoms with Crippen molar-refractivity contribution in [3.05, 3.63) is 22.4 Å². The number of thiophene rings is 1. The van der Waals surface area contributed by atoms with E-state index in [1.807, 2.05) is 0 Å². The minimum atomic E-state index is -2.50. The molecule has 3 nitrogen and oxygen atoms in total. The van der Waals surface area contributed by atoms with E-state index in [9.17, 15) is 13.6 Å². The van der Waals surface area contributed by atoms with E-state index in [4.69, 9.17) is 5.11 Å². The molecule has 0 aromatic carbocycles. The summed E-state index contributed by atoms with van der Waals surface area (Å²) >= 11 is 1.36. The predicted octanol–water partition coefficient (Wildman–Crippen LogP) is 2.51. The van der Waals surface area contributed by atoms with E-state index in [2.05, 4.69) is 5.32 Å². The average Bonchev–Trinajstić information content (AvgIpc) is 2.68. The van der Waals surface area contributed by atoms with Crippen LogP contribution in [0, 0.1) is 0 Å². The van der Waals surface area contributed by atoms with E-state index >= 15 is 0 Å². The third kappa shape index (κ3) is 3.86. The number of halogens is 2. The second kappa shape index (κ2) is 5.91. The lowest BCUT2D eigenvalue weighted by Crippen LogP contribution is -2.36. The van der Waals surface area contributed by atoms with Crippen molar-refractivity contribution in [2.45, 2.75) is 31.9 Å². The molecule has 90 valence electrons. The molecule has 0 aliphatic rings. The van der Waals surface area contributed by atoms with Crippen molar-refractivity contribution in [1.29, 1.82) is 0 Å². The zero-order valence-corrected chi connectivity index (χ0v) is 9.51. The molecule has 0 bridgehead atoms. The Kier molecular flexibility index (Phi) is 4.82. The van der Waals surface area contributed by atoms with Crippen LogP contribution in [0.2, 0.25) is 0 Å². The van der Waals surface area contributed by atoms with Crippen LogP contribution in [-0.4, -0.2) is 23.5 Å². The van der Waals surface area contributed by atoms with Crippen molar-refractivity contribution in [1.82, 2.24) is 5.32 Å². The molecular formula is C10H13F2NO2S. The molecule has 0 saturated carbocycles. The second-order valence-electron chi connectivity index (χ2n) is 3.46. The minimum absolute atomic E-state index is 0.197. The van der Waals surface area contributed by atoms with Gasteiger partial charge >= 0.3 is 5.97 Å². The highest BCUT2D eigenvalue weighted by atomic mass is 32.1. The topological polar surface area (TPSA) is 49.3 Å². The molecule has 0 radical (unpaired) electrons. The monoisotopic (exact) mass is 249 g/mol. The summed E-state index contributed by atoms with van der Waals surface area (Å²) in [6.07, 6.45) is -2.70. The molecule has 16 heavy (non-hydrogen) atoms. The number of alkyl halides is 2. The van der Waals surface area contributed by atoms with Gasteiger partial charge in [-0.25, -0.2) is 8.78 Å². The summed E-state index contributed by atoms with van der Waals surface area (Å²) in [5.41, 5.74) is 0. The fourth-order valence-electron chi connectivity index (χ4n) is 1.30. The van der Waals surface area contributed by atoms with Crippen LogP contribution in [0.25, 0.3) is 0 Å². The first-order valence-electron chi connectivity index (χ1n) is 4.80. The van der Waals surface area contributed by atoms with Crippen molar-refractivity contribution >= 4 is 17.3 Å². The summed E-state index contributed by atoms with van der Waals surface area (Å²) in [5, 5.41) is 13.1. The highest BCUT2D eigenvalue weighted by molar-refractivity contribution is 7.10. The van der Waals surface area contributed by atoms with Crippen LogP contribution in [0.5, 0.6) is 0 Å². The van der Waals surface area contributed by atoms with Gasteiger partial charge in [0.2, 0.25) is 0 Å². The number of aliphatic carboxylic acids is 1. The van der Waals surface area contributed by atoms with Crippen LogP contribution in [0.4, 0.5) is 8.78 Å². The molecule has 2 unspecified atom stereocenters. The Morgan fingerprint density at radius 3 is 2.75 bits per heavy atom. The van der Waals surface area contributed by atoms with Crippen molar-refractivity contribution in [2.75, 3.05) is 0 Å². The highest BCUT2D eigenvalue weighted by Gasteiger charge is 2.22. The molecule has 1 aromatic heterocycles. The van der Waals surface area contributed by atoms with Gasteiger partial charge in [-0.15, -0.1) is 11.3 Å². The molecule has 2 atom stereocenters. The number of nitrogens with one attached hydrogen (secondary N) is 1. The molecule has 1 heterocycles. The summed E-state index contributed by atoms with van der Waals surface area (Å²) < 4.78 is 24.7. The smallest absolute Gasteiger partial charge is 0.305 e. The lowest BCUT2D eigenvalue weighted by Gasteiger charge is -2.20. The molecule has 0 aliphatic heterocycles.